The van der Waals surface area contributed by atoms with Crippen LogP contribution in [0.5, 0.6) is 11.5 Å². The first kappa shape index (κ1) is 18.6. The van der Waals surface area contributed by atoms with Crippen molar-refractivity contribution in [2.24, 2.45) is 0 Å². The number of halogens is 1. The minimum Gasteiger partial charge on any atom is -0.494 e. The molecule has 0 aliphatic carbocycles. The van der Waals surface area contributed by atoms with E-state index < -0.39 is 5.91 Å². The van der Waals surface area contributed by atoms with Crippen molar-refractivity contribution < 1.29 is 19.1 Å². The number of rotatable bonds is 7. The van der Waals surface area contributed by atoms with Crippen molar-refractivity contribution in [3.63, 3.8) is 0 Å². The summed E-state index contributed by atoms with van der Waals surface area (Å²) < 4.78 is 10.8. The highest BCUT2D eigenvalue weighted by atomic mass is 35.5. The Bertz CT molecular complexity index is 702. The minimum atomic E-state index is -0.419. The number of hydrazine groups is 1. The predicted molar refractivity (Wildman–Crippen MR) is 94.8 cm³/mol. The fourth-order valence-electron chi connectivity index (χ4n) is 1.92. The summed E-state index contributed by atoms with van der Waals surface area (Å²) in [4.78, 5) is 23.5. The number of carbonyl (C=O) groups excluding carboxylic acids is 2. The maximum Gasteiger partial charge on any atom is 0.269 e. The molecule has 0 aromatic heterocycles. The van der Waals surface area contributed by atoms with E-state index in [1.54, 1.807) is 48.5 Å². The number of hydrogen-bond acceptors (Lipinski definition) is 4. The molecule has 25 heavy (non-hydrogen) atoms. The maximum atomic E-state index is 11.8. The standard InChI is InChI=1S/C18H19ClN2O4/c1-2-24-15-7-9-16(10-8-15)25-12-11-17(22)20-21-18(23)13-3-5-14(19)6-4-13/h3-10H,2,11-12H2,1H3,(H,20,22)(H,21,23). The molecule has 0 fully saturated rings. The highest BCUT2D eigenvalue weighted by Gasteiger charge is 2.07. The van der Waals surface area contributed by atoms with Gasteiger partial charge in [-0.15, -0.1) is 0 Å². The van der Waals surface area contributed by atoms with Gasteiger partial charge in [0, 0.05) is 10.6 Å². The molecule has 0 aliphatic heterocycles. The van der Waals surface area contributed by atoms with Crippen LogP contribution < -0.4 is 20.3 Å². The van der Waals surface area contributed by atoms with Crippen LogP contribution in [0.15, 0.2) is 48.5 Å². The van der Waals surface area contributed by atoms with Crippen molar-refractivity contribution in [3.05, 3.63) is 59.1 Å². The molecule has 2 amide bonds. The lowest BCUT2D eigenvalue weighted by Crippen LogP contribution is -2.42. The molecule has 0 saturated carbocycles. The van der Waals surface area contributed by atoms with Crippen LogP contribution in [0.4, 0.5) is 0 Å². The third kappa shape index (κ3) is 6.35. The Hall–Kier alpha value is -2.73. The highest BCUT2D eigenvalue weighted by molar-refractivity contribution is 6.30. The third-order valence-corrected chi connectivity index (χ3v) is 3.41. The summed E-state index contributed by atoms with van der Waals surface area (Å²) in [6.45, 7) is 2.70. The average molecular weight is 363 g/mol. The molecule has 0 radical (unpaired) electrons. The van der Waals surface area contributed by atoms with Crippen LogP contribution in [0, 0.1) is 0 Å². The molecule has 0 bridgehead atoms. The molecule has 0 aliphatic rings. The van der Waals surface area contributed by atoms with Crippen LogP contribution in [0.25, 0.3) is 0 Å². The van der Waals surface area contributed by atoms with E-state index in [4.69, 9.17) is 21.1 Å². The van der Waals surface area contributed by atoms with Gasteiger partial charge in [-0.25, -0.2) is 0 Å². The second-order valence-electron chi connectivity index (χ2n) is 5.01. The smallest absolute Gasteiger partial charge is 0.269 e. The van der Waals surface area contributed by atoms with E-state index in [9.17, 15) is 9.59 Å². The van der Waals surface area contributed by atoms with Gasteiger partial charge in [0.1, 0.15) is 11.5 Å². The van der Waals surface area contributed by atoms with E-state index in [-0.39, 0.29) is 18.9 Å². The van der Waals surface area contributed by atoms with Gasteiger partial charge >= 0.3 is 0 Å². The maximum absolute atomic E-state index is 11.8. The van der Waals surface area contributed by atoms with Crippen LogP contribution in [0.3, 0.4) is 0 Å². The van der Waals surface area contributed by atoms with Crippen LogP contribution >= 0.6 is 11.6 Å². The molecule has 0 atom stereocenters. The summed E-state index contributed by atoms with van der Waals surface area (Å²) >= 11 is 5.75. The molecule has 132 valence electrons. The Labute approximate surface area is 151 Å². The number of ether oxygens (including phenoxy) is 2. The van der Waals surface area contributed by atoms with E-state index in [2.05, 4.69) is 10.9 Å². The van der Waals surface area contributed by atoms with Gasteiger partial charge in [-0.3, -0.25) is 20.4 Å². The fraction of sp³-hybridized carbons (Fsp3) is 0.222. The molecule has 0 unspecified atom stereocenters. The van der Waals surface area contributed by atoms with Gasteiger partial charge < -0.3 is 9.47 Å². The monoisotopic (exact) mass is 362 g/mol. The van der Waals surface area contributed by atoms with Gasteiger partial charge in [-0.2, -0.15) is 0 Å². The molecule has 0 heterocycles. The lowest BCUT2D eigenvalue weighted by atomic mass is 10.2. The Kier molecular flexibility index (Phi) is 7.10. The topological polar surface area (TPSA) is 76.7 Å². The molecule has 2 rings (SSSR count). The summed E-state index contributed by atoms with van der Waals surface area (Å²) in [5.41, 5.74) is 5.07. The van der Waals surface area contributed by atoms with Crippen molar-refractivity contribution in [2.75, 3.05) is 13.2 Å². The molecule has 2 aromatic carbocycles. The zero-order chi connectivity index (χ0) is 18.1. The molecular weight excluding hydrogens is 344 g/mol. The van der Waals surface area contributed by atoms with Crippen LogP contribution in [0.1, 0.15) is 23.7 Å². The van der Waals surface area contributed by atoms with Gasteiger partial charge in [0.2, 0.25) is 5.91 Å². The zero-order valence-electron chi connectivity index (χ0n) is 13.8. The Morgan fingerprint density at radius 3 is 2.12 bits per heavy atom. The summed E-state index contributed by atoms with van der Waals surface area (Å²) in [5, 5.41) is 0.534. The van der Waals surface area contributed by atoms with Crippen molar-refractivity contribution in [2.45, 2.75) is 13.3 Å². The van der Waals surface area contributed by atoms with Gasteiger partial charge in [-0.1, -0.05) is 11.6 Å². The highest BCUT2D eigenvalue weighted by Crippen LogP contribution is 2.17. The van der Waals surface area contributed by atoms with Gasteiger partial charge in [0.25, 0.3) is 5.91 Å². The summed E-state index contributed by atoms with van der Waals surface area (Å²) in [7, 11) is 0. The molecule has 0 spiro atoms. The Morgan fingerprint density at radius 1 is 0.920 bits per heavy atom. The SMILES string of the molecule is CCOc1ccc(OCCC(=O)NNC(=O)c2ccc(Cl)cc2)cc1. The number of carbonyl (C=O) groups is 2. The predicted octanol–water partition coefficient (Wildman–Crippen LogP) is 2.97. The van der Waals surface area contributed by atoms with E-state index in [0.29, 0.717) is 22.9 Å². The number of hydrogen-bond donors (Lipinski definition) is 2. The molecular formula is C18H19ClN2O4. The van der Waals surface area contributed by atoms with Gasteiger partial charge in [0.05, 0.1) is 19.6 Å². The first-order chi connectivity index (χ1) is 12.1. The summed E-state index contributed by atoms with van der Waals surface area (Å²) in [6, 6.07) is 13.5. The van der Waals surface area contributed by atoms with Crippen molar-refractivity contribution >= 4 is 23.4 Å². The number of amides is 2. The summed E-state index contributed by atoms with van der Waals surface area (Å²) in [6.07, 6.45) is 0.105. The first-order valence-electron chi connectivity index (χ1n) is 7.79. The van der Waals surface area contributed by atoms with Crippen LogP contribution in [-0.2, 0) is 4.79 Å². The fourth-order valence-corrected chi connectivity index (χ4v) is 2.05. The van der Waals surface area contributed by atoms with Crippen LogP contribution in [0.2, 0.25) is 5.02 Å². The third-order valence-electron chi connectivity index (χ3n) is 3.15. The molecule has 2 N–H and O–H groups in total. The lowest BCUT2D eigenvalue weighted by molar-refractivity contribution is -0.122. The first-order valence-corrected chi connectivity index (χ1v) is 8.16. The minimum absolute atomic E-state index is 0.105. The zero-order valence-corrected chi connectivity index (χ0v) is 14.5. The quantitative estimate of drug-likeness (QED) is 0.742. The van der Waals surface area contributed by atoms with E-state index in [1.165, 1.54) is 0 Å². The van der Waals surface area contributed by atoms with E-state index in [0.717, 1.165) is 5.75 Å². The van der Waals surface area contributed by atoms with Crippen LogP contribution in [-0.4, -0.2) is 25.0 Å². The van der Waals surface area contributed by atoms with Crippen molar-refractivity contribution in [1.82, 2.24) is 10.9 Å². The van der Waals surface area contributed by atoms with Crippen molar-refractivity contribution in [1.29, 1.82) is 0 Å². The van der Waals surface area contributed by atoms with Gasteiger partial charge in [0.15, 0.2) is 0 Å². The largest absolute Gasteiger partial charge is 0.494 e. The Morgan fingerprint density at radius 2 is 1.52 bits per heavy atom. The number of benzene rings is 2. The lowest BCUT2D eigenvalue weighted by Gasteiger charge is -2.09. The normalized spacial score (nSPS) is 10.0. The number of nitrogens with one attached hydrogen (secondary N) is 2. The molecule has 7 heteroatoms. The summed E-state index contributed by atoms with van der Waals surface area (Å²) in [5.74, 6) is 0.629. The molecule has 0 saturated heterocycles. The van der Waals surface area contributed by atoms with Crippen molar-refractivity contribution in [3.8, 4) is 11.5 Å². The van der Waals surface area contributed by atoms with E-state index >= 15 is 0 Å². The van der Waals surface area contributed by atoms with E-state index in [1.807, 2.05) is 6.92 Å². The average Bonchev–Trinajstić information content (AvgIpc) is 2.62. The molecule has 6 nitrogen and oxygen atoms in total. The van der Waals surface area contributed by atoms with Gasteiger partial charge in [-0.05, 0) is 55.5 Å². The Balaban J connectivity index is 1.68. The second kappa shape index (κ2) is 9.54. The second-order valence-corrected chi connectivity index (χ2v) is 5.45. The molecule has 2 aromatic rings.